The third-order valence-corrected chi connectivity index (χ3v) is 6.65. The second-order valence-corrected chi connectivity index (χ2v) is 9.30. The summed E-state index contributed by atoms with van der Waals surface area (Å²) >= 11 is 0. The first kappa shape index (κ1) is 25.9. The Hall–Kier alpha value is -2.67. The molecule has 3 atom stereocenters. The minimum Gasteiger partial charge on any atom is -0.508 e. The van der Waals surface area contributed by atoms with Crippen LogP contribution in [0.15, 0.2) is 61.2 Å². The summed E-state index contributed by atoms with van der Waals surface area (Å²) in [6.45, 7) is 11.9. The third-order valence-electron chi connectivity index (χ3n) is 6.65. The van der Waals surface area contributed by atoms with Crippen LogP contribution in [0.5, 0.6) is 5.75 Å². The number of unbranched alkanes of at least 4 members (excludes halogenated alkanes) is 2. The summed E-state index contributed by atoms with van der Waals surface area (Å²) in [4.78, 5) is 17.5. The molecule has 3 rings (SSSR count). The van der Waals surface area contributed by atoms with Gasteiger partial charge in [-0.05, 0) is 68.5 Å². The number of aromatic hydroxyl groups is 1. The predicted molar refractivity (Wildman–Crippen MR) is 137 cm³/mol. The monoisotopic (exact) mass is 465 g/mol. The maximum absolute atomic E-state index is 12.5. The Morgan fingerprint density at radius 1 is 1.09 bits per heavy atom. The Balaban J connectivity index is 1.81. The van der Waals surface area contributed by atoms with Gasteiger partial charge in [0.25, 0.3) is 5.91 Å². The SMILES string of the molecule is C=CCN1C[C@H](C)N([C@H](c2ccc(C(=O)NCCCCCO)cc2)c2cccc(O)c2)C[C@H]1C. The molecular formula is C28H39N3O3. The lowest BCUT2D eigenvalue weighted by atomic mass is 9.92. The molecule has 0 spiro atoms. The van der Waals surface area contributed by atoms with E-state index >= 15 is 0 Å². The van der Waals surface area contributed by atoms with Crippen molar-refractivity contribution in [1.29, 1.82) is 0 Å². The number of amides is 1. The zero-order chi connectivity index (χ0) is 24.5. The maximum Gasteiger partial charge on any atom is 0.251 e. The lowest BCUT2D eigenvalue weighted by Gasteiger charge is -2.47. The topological polar surface area (TPSA) is 76.0 Å². The number of rotatable bonds is 11. The fourth-order valence-electron chi connectivity index (χ4n) is 4.81. The van der Waals surface area contributed by atoms with Crippen molar-refractivity contribution in [1.82, 2.24) is 15.1 Å². The first-order valence-corrected chi connectivity index (χ1v) is 12.3. The summed E-state index contributed by atoms with van der Waals surface area (Å²) in [6, 6.07) is 16.0. The van der Waals surface area contributed by atoms with Crippen molar-refractivity contribution >= 4 is 5.91 Å². The van der Waals surface area contributed by atoms with Crippen LogP contribution in [-0.4, -0.2) is 70.8 Å². The first-order chi connectivity index (χ1) is 16.4. The number of phenols is 1. The molecule has 1 aliphatic heterocycles. The molecule has 0 aromatic heterocycles. The van der Waals surface area contributed by atoms with Crippen LogP contribution < -0.4 is 5.32 Å². The molecule has 1 fully saturated rings. The molecule has 34 heavy (non-hydrogen) atoms. The molecule has 0 saturated carbocycles. The van der Waals surface area contributed by atoms with Gasteiger partial charge < -0.3 is 15.5 Å². The zero-order valence-corrected chi connectivity index (χ0v) is 20.5. The molecular weight excluding hydrogens is 426 g/mol. The number of nitrogens with zero attached hydrogens (tertiary/aromatic N) is 2. The average Bonchev–Trinajstić information content (AvgIpc) is 2.82. The van der Waals surface area contributed by atoms with E-state index in [2.05, 4.69) is 41.6 Å². The Labute approximate surface area is 203 Å². The average molecular weight is 466 g/mol. The summed E-state index contributed by atoms with van der Waals surface area (Å²) in [5.74, 6) is 0.176. The van der Waals surface area contributed by atoms with E-state index in [4.69, 9.17) is 5.11 Å². The van der Waals surface area contributed by atoms with E-state index < -0.39 is 0 Å². The minimum absolute atomic E-state index is 0.0222. The van der Waals surface area contributed by atoms with Crippen molar-refractivity contribution in [3.05, 3.63) is 77.9 Å². The van der Waals surface area contributed by atoms with Crippen LogP contribution in [0.4, 0.5) is 0 Å². The zero-order valence-electron chi connectivity index (χ0n) is 20.5. The second-order valence-electron chi connectivity index (χ2n) is 9.30. The summed E-state index contributed by atoms with van der Waals surface area (Å²) < 4.78 is 0. The number of nitrogens with one attached hydrogen (secondary N) is 1. The molecule has 184 valence electrons. The molecule has 0 aliphatic carbocycles. The normalized spacial score (nSPS) is 20.1. The van der Waals surface area contributed by atoms with Gasteiger partial charge in [0.15, 0.2) is 0 Å². The molecule has 2 aromatic rings. The number of phenolic OH excluding ortho intramolecular Hbond substituents is 1. The number of carbonyl (C=O) groups is 1. The van der Waals surface area contributed by atoms with Crippen LogP contribution >= 0.6 is 0 Å². The van der Waals surface area contributed by atoms with E-state index in [9.17, 15) is 9.90 Å². The number of carbonyl (C=O) groups excluding carboxylic acids is 1. The van der Waals surface area contributed by atoms with Crippen LogP contribution in [0.3, 0.4) is 0 Å². The van der Waals surface area contributed by atoms with Crippen molar-refractivity contribution in [2.24, 2.45) is 0 Å². The summed E-state index contributed by atoms with van der Waals surface area (Å²) in [6.07, 6.45) is 4.48. The van der Waals surface area contributed by atoms with Gasteiger partial charge in [-0.25, -0.2) is 0 Å². The molecule has 0 bridgehead atoms. The fourth-order valence-corrected chi connectivity index (χ4v) is 4.81. The highest BCUT2D eigenvalue weighted by Gasteiger charge is 2.34. The van der Waals surface area contributed by atoms with Crippen LogP contribution in [0, 0.1) is 0 Å². The van der Waals surface area contributed by atoms with Crippen molar-refractivity contribution in [3.63, 3.8) is 0 Å². The molecule has 1 amide bonds. The predicted octanol–water partition coefficient (Wildman–Crippen LogP) is 3.95. The minimum atomic E-state index is -0.0792. The summed E-state index contributed by atoms with van der Waals surface area (Å²) in [5, 5.41) is 22.0. The van der Waals surface area contributed by atoms with Crippen molar-refractivity contribution in [3.8, 4) is 5.75 Å². The molecule has 2 aromatic carbocycles. The number of benzene rings is 2. The van der Waals surface area contributed by atoms with Crippen LogP contribution in [0.25, 0.3) is 0 Å². The molecule has 1 aliphatic rings. The van der Waals surface area contributed by atoms with Crippen LogP contribution in [-0.2, 0) is 0 Å². The number of hydrogen-bond acceptors (Lipinski definition) is 5. The quantitative estimate of drug-likeness (QED) is 0.346. The Kier molecular flexibility index (Phi) is 9.69. The van der Waals surface area contributed by atoms with Gasteiger partial charge in [-0.3, -0.25) is 14.6 Å². The molecule has 0 unspecified atom stereocenters. The molecule has 0 radical (unpaired) electrons. The molecule has 1 heterocycles. The van der Waals surface area contributed by atoms with Crippen molar-refractivity contribution in [2.75, 3.05) is 32.8 Å². The standard InChI is InChI=1S/C28H39N3O3/c1-4-16-30-19-22(3)31(20-21(30)2)27(25-9-8-10-26(33)18-25)23-11-13-24(14-12-23)28(34)29-15-6-5-7-17-32/h4,8-14,18,21-22,27,32-33H,1,5-7,15-17,19-20H2,2-3H3,(H,29,34)/t21-,22+,27-/m1/s1. The highest BCUT2D eigenvalue weighted by molar-refractivity contribution is 5.94. The number of aliphatic hydroxyl groups excluding tert-OH is 1. The van der Waals surface area contributed by atoms with Gasteiger partial charge in [0, 0.05) is 50.4 Å². The van der Waals surface area contributed by atoms with E-state index in [1.165, 1.54) is 0 Å². The molecule has 1 saturated heterocycles. The van der Waals surface area contributed by atoms with Crippen molar-refractivity contribution in [2.45, 2.75) is 51.2 Å². The largest absolute Gasteiger partial charge is 0.508 e. The van der Waals surface area contributed by atoms with E-state index in [1.54, 1.807) is 6.07 Å². The van der Waals surface area contributed by atoms with Gasteiger partial charge >= 0.3 is 0 Å². The number of piperazine rings is 1. The van der Waals surface area contributed by atoms with Crippen LogP contribution in [0.1, 0.15) is 60.6 Å². The van der Waals surface area contributed by atoms with E-state index in [0.717, 1.165) is 50.0 Å². The van der Waals surface area contributed by atoms with Gasteiger partial charge in [0.1, 0.15) is 5.75 Å². The van der Waals surface area contributed by atoms with E-state index in [1.807, 2.05) is 42.5 Å². The third kappa shape index (κ3) is 6.69. The van der Waals surface area contributed by atoms with Gasteiger partial charge in [-0.15, -0.1) is 6.58 Å². The summed E-state index contributed by atoms with van der Waals surface area (Å²) in [7, 11) is 0. The Morgan fingerprint density at radius 3 is 2.53 bits per heavy atom. The van der Waals surface area contributed by atoms with E-state index in [-0.39, 0.29) is 24.3 Å². The lowest BCUT2D eigenvalue weighted by Crippen LogP contribution is -2.57. The van der Waals surface area contributed by atoms with Crippen LogP contribution in [0.2, 0.25) is 0 Å². The lowest BCUT2D eigenvalue weighted by molar-refractivity contribution is 0.0306. The van der Waals surface area contributed by atoms with Crippen molar-refractivity contribution < 1.29 is 15.0 Å². The van der Waals surface area contributed by atoms with Gasteiger partial charge in [0.05, 0.1) is 6.04 Å². The fraction of sp³-hybridized carbons (Fsp3) is 0.464. The smallest absolute Gasteiger partial charge is 0.251 e. The first-order valence-electron chi connectivity index (χ1n) is 12.3. The number of aliphatic hydroxyl groups is 1. The molecule has 3 N–H and O–H groups in total. The number of hydrogen-bond donors (Lipinski definition) is 3. The second kappa shape index (κ2) is 12.7. The molecule has 6 nitrogen and oxygen atoms in total. The summed E-state index contributed by atoms with van der Waals surface area (Å²) in [5.41, 5.74) is 2.77. The van der Waals surface area contributed by atoms with Gasteiger partial charge in [-0.1, -0.05) is 30.3 Å². The van der Waals surface area contributed by atoms with E-state index in [0.29, 0.717) is 24.2 Å². The maximum atomic E-state index is 12.5. The Bertz CT molecular complexity index is 931. The van der Waals surface area contributed by atoms with Gasteiger partial charge in [-0.2, -0.15) is 0 Å². The highest BCUT2D eigenvalue weighted by atomic mass is 16.3. The Morgan fingerprint density at radius 2 is 1.85 bits per heavy atom. The highest BCUT2D eigenvalue weighted by Crippen LogP contribution is 2.34. The van der Waals surface area contributed by atoms with Gasteiger partial charge in [0.2, 0.25) is 0 Å². The molecule has 6 heteroatoms.